The van der Waals surface area contributed by atoms with Crippen molar-refractivity contribution in [2.45, 2.75) is 37.0 Å². The molecule has 3 nitrogen and oxygen atoms in total. The third-order valence-corrected chi connectivity index (χ3v) is 4.42. The molecule has 1 N–H and O–H groups in total. The van der Waals surface area contributed by atoms with Crippen LogP contribution in [0.4, 0.5) is 0 Å². The predicted octanol–water partition coefficient (Wildman–Crippen LogP) is 2.70. The Morgan fingerprint density at radius 2 is 2.00 bits per heavy atom. The fraction of sp³-hybridized carbons (Fsp3) is 0.533. The van der Waals surface area contributed by atoms with E-state index >= 15 is 0 Å². The lowest BCUT2D eigenvalue weighted by Gasteiger charge is -2.29. The minimum atomic E-state index is -0.665. The maximum absolute atomic E-state index is 11.7. The van der Waals surface area contributed by atoms with E-state index in [9.17, 15) is 9.90 Å². The molecule has 18 heavy (non-hydrogen) atoms. The van der Waals surface area contributed by atoms with Crippen LogP contribution in [0.3, 0.4) is 0 Å². The summed E-state index contributed by atoms with van der Waals surface area (Å²) in [6.45, 7) is 1.53. The van der Waals surface area contributed by atoms with Gasteiger partial charge in [0.2, 0.25) is 0 Å². The molecular formula is C15H18O3. The molecule has 3 rings (SSSR count). The summed E-state index contributed by atoms with van der Waals surface area (Å²) in [5, 5.41) is 9.59. The first-order valence-electron chi connectivity index (χ1n) is 6.64. The highest BCUT2D eigenvalue weighted by atomic mass is 16.5. The van der Waals surface area contributed by atoms with Gasteiger partial charge in [-0.2, -0.15) is 0 Å². The van der Waals surface area contributed by atoms with Crippen molar-refractivity contribution >= 4 is 5.97 Å². The standard InChI is InChI=1S/C15H18O3/c16-14(17)15(6-1-2-7-15)13-5-3-4-11(8-13)12-9-18-10-12/h3-5,8,12H,1-2,6-7,9-10H2,(H,16,17). The zero-order chi connectivity index (χ0) is 12.6. The third kappa shape index (κ3) is 1.74. The Morgan fingerprint density at radius 1 is 1.28 bits per heavy atom. The second-order valence-corrected chi connectivity index (χ2v) is 5.45. The first kappa shape index (κ1) is 11.7. The summed E-state index contributed by atoms with van der Waals surface area (Å²) in [4.78, 5) is 11.7. The summed E-state index contributed by atoms with van der Waals surface area (Å²) in [5.41, 5.74) is 1.57. The number of rotatable bonds is 3. The number of hydrogen-bond acceptors (Lipinski definition) is 2. The van der Waals surface area contributed by atoms with Crippen molar-refractivity contribution < 1.29 is 14.6 Å². The minimum absolute atomic E-state index is 0.456. The number of aliphatic carboxylic acids is 1. The Balaban J connectivity index is 1.96. The number of benzene rings is 1. The highest BCUT2D eigenvalue weighted by Gasteiger charge is 2.43. The van der Waals surface area contributed by atoms with E-state index in [1.165, 1.54) is 5.56 Å². The van der Waals surface area contributed by atoms with Crippen molar-refractivity contribution in [1.29, 1.82) is 0 Å². The molecule has 2 fully saturated rings. The van der Waals surface area contributed by atoms with Crippen LogP contribution in [-0.4, -0.2) is 24.3 Å². The average molecular weight is 246 g/mol. The summed E-state index contributed by atoms with van der Waals surface area (Å²) in [7, 11) is 0. The second kappa shape index (κ2) is 4.39. The molecule has 0 unspecified atom stereocenters. The Kier molecular flexibility index (Phi) is 2.86. The monoisotopic (exact) mass is 246 g/mol. The van der Waals surface area contributed by atoms with E-state index in [4.69, 9.17) is 4.74 Å². The largest absolute Gasteiger partial charge is 0.481 e. The van der Waals surface area contributed by atoms with E-state index in [0.29, 0.717) is 5.92 Å². The molecule has 0 amide bonds. The van der Waals surface area contributed by atoms with Crippen LogP contribution in [0.15, 0.2) is 24.3 Å². The quantitative estimate of drug-likeness (QED) is 0.892. The van der Waals surface area contributed by atoms with E-state index in [1.54, 1.807) is 0 Å². The molecule has 0 spiro atoms. The molecule has 1 aliphatic carbocycles. The van der Waals surface area contributed by atoms with Crippen molar-refractivity contribution in [3.8, 4) is 0 Å². The molecule has 0 radical (unpaired) electrons. The van der Waals surface area contributed by atoms with E-state index in [-0.39, 0.29) is 0 Å². The molecule has 1 aliphatic heterocycles. The van der Waals surface area contributed by atoms with Crippen molar-refractivity contribution in [2.75, 3.05) is 13.2 Å². The van der Waals surface area contributed by atoms with E-state index < -0.39 is 11.4 Å². The molecule has 0 aromatic heterocycles. The predicted molar refractivity (Wildman–Crippen MR) is 67.8 cm³/mol. The van der Waals surface area contributed by atoms with E-state index in [2.05, 4.69) is 12.1 Å². The van der Waals surface area contributed by atoms with Crippen LogP contribution in [0.25, 0.3) is 0 Å². The van der Waals surface area contributed by atoms with Gasteiger partial charge in [0.15, 0.2) is 0 Å². The number of carboxylic acid groups (broad SMARTS) is 1. The molecule has 1 saturated heterocycles. The van der Waals surface area contributed by atoms with Gasteiger partial charge >= 0.3 is 5.97 Å². The highest BCUT2D eigenvalue weighted by molar-refractivity contribution is 5.81. The molecule has 1 aromatic rings. The van der Waals surface area contributed by atoms with Crippen molar-refractivity contribution in [2.24, 2.45) is 0 Å². The summed E-state index contributed by atoms with van der Waals surface area (Å²) in [5.74, 6) is -0.209. The van der Waals surface area contributed by atoms with Gasteiger partial charge in [0, 0.05) is 5.92 Å². The molecule has 1 heterocycles. The van der Waals surface area contributed by atoms with Gasteiger partial charge < -0.3 is 9.84 Å². The van der Waals surface area contributed by atoms with E-state index in [0.717, 1.165) is 44.5 Å². The molecule has 0 atom stereocenters. The lowest BCUT2D eigenvalue weighted by Crippen LogP contribution is -2.33. The Labute approximate surface area is 107 Å². The van der Waals surface area contributed by atoms with Gasteiger partial charge in [0.1, 0.15) is 0 Å². The smallest absolute Gasteiger partial charge is 0.314 e. The lowest BCUT2D eigenvalue weighted by molar-refractivity contribution is -0.143. The van der Waals surface area contributed by atoms with Gasteiger partial charge in [-0.15, -0.1) is 0 Å². The van der Waals surface area contributed by atoms with Gasteiger partial charge in [-0.25, -0.2) is 0 Å². The van der Waals surface area contributed by atoms with Crippen LogP contribution in [0.5, 0.6) is 0 Å². The number of carboxylic acids is 1. The van der Waals surface area contributed by atoms with Crippen LogP contribution in [0, 0.1) is 0 Å². The first-order valence-corrected chi connectivity index (χ1v) is 6.64. The average Bonchev–Trinajstić information content (AvgIpc) is 2.77. The fourth-order valence-corrected chi connectivity index (χ4v) is 3.12. The maximum atomic E-state index is 11.7. The SMILES string of the molecule is O=C(O)C1(c2cccc(C3COC3)c2)CCCC1. The van der Waals surface area contributed by atoms with Crippen LogP contribution in [-0.2, 0) is 14.9 Å². The maximum Gasteiger partial charge on any atom is 0.314 e. The van der Waals surface area contributed by atoms with Gasteiger partial charge in [0.25, 0.3) is 0 Å². The van der Waals surface area contributed by atoms with Crippen LogP contribution < -0.4 is 0 Å². The molecule has 1 saturated carbocycles. The molecular weight excluding hydrogens is 228 g/mol. The second-order valence-electron chi connectivity index (χ2n) is 5.45. The molecule has 2 aliphatic rings. The molecule has 96 valence electrons. The van der Waals surface area contributed by atoms with Gasteiger partial charge in [-0.1, -0.05) is 37.1 Å². The summed E-state index contributed by atoms with van der Waals surface area (Å²) >= 11 is 0. The first-order chi connectivity index (χ1) is 8.72. The Morgan fingerprint density at radius 3 is 2.56 bits per heavy atom. The van der Waals surface area contributed by atoms with Crippen LogP contribution in [0.1, 0.15) is 42.7 Å². The van der Waals surface area contributed by atoms with Crippen LogP contribution >= 0.6 is 0 Å². The topological polar surface area (TPSA) is 46.5 Å². The van der Waals surface area contributed by atoms with Crippen molar-refractivity contribution in [3.05, 3.63) is 35.4 Å². The van der Waals surface area contributed by atoms with E-state index in [1.807, 2.05) is 12.1 Å². The number of hydrogen-bond donors (Lipinski definition) is 1. The van der Waals surface area contributed by atoms with Gasteiger partial charge in [0.05, 0.1) is 18.6 Å². The van der Waals surface area contributed by atoms with Gasteiger partial charge in [-0.3, -0.25) is 4.79 Å². The van der Waals surface area contributed by atoms with Crippen molar-refractivity contribution in [1.82, 2.24) is 0 Å². The lowest BCUT2D eigenvalue weighted by atomic mass is 9.77. The number of ether oxygens (including phenoxy) is 1. The minimum Gasteiger partial charge on any atom is -0.481 e. The highest BCUT2D eigenvalue weighted by Crippen LogP contribution is 2.42. The third-order valence-electron chi connectivity index (χ3n) is 4.42. The van der Waals surface area contributed by atoms with Gasteiger partial charge in [-0.05, 0) is 24.0 Å². The summed E-state index contributed by atoms with van der Waals surface area (Å²) < 4.78 is 5.21. The summed E-state index contributed by atoms with van der Waals surface area (Å²) in [6, 6.07) is 8.14. The molecule has 3 heteroatoms. The fourth-order valence-electron chi connectivity index (χ4n) is 3.12. The molecule has 1 aromatic carbocycles. The number of carbonyl (C=O) groups is 1. The summed E-state index contributed by atoms with van der Waals surface area (Å²) in [6.07, 6.45) is 3.58. The van der Waals surface area contributed by atoms with Crippen molar-refractivity contribution in [3.63, 3.8) is 0 Å². The Hall–Kier alpha value is -1.35. The molecule has 0 bridgehead atoms. The zero-order valence-electron chi connectivity index (χ0n) is 10.4. The zero-order valence-corrected chi connectivity index (χ0v) is 10.4. The normalized spacial score (nSPS) is 22.7. The Bertz CT molecular complexity index is 457. The van der Waals surface area contributed by atoms with Crippen LogP contribution in [0.2, 0.25) is 0 Å².